The molecule has 0 saturated heterocycles. The number of aromatic nitrogens is 2. The maximum absolute atomic E-state index is 12.8. The first-order chi connectivity index (χ1) is 14.6. The maximum Gasteiger partial charge on any atom is 0.329 e. The van der Waals surface area contributed by atoms with Crippen molar-refractivity contribution in [3.63, 3.8) is 0 Å². The second kappa shape index (κ2) is 10.1. The van der Waals surface area contributed by atoms with Gasteiger partial charge in [-0.2, -0.15) is 5.26 Å². The Morgan fingerprint density at radius 1 is 1.17 bits per heavy atom. The first kappa shape index (κ1) is 21.6. The normalized spacial score (nSPS) is 11.9. The lowest BCUT2D eigenvalue weighted by Crippen LogP contribution is -2.23. The molecule has 3 rings (SSSR count). The summed E-state index contributed by atoms with van der Waals surface area (Å²) >= 11 is 0. The first-order valence-electron chi connectivity index (χ1n) is 10.7. The Hall–Kier alpha value is -3.13. The second-order valence-electron chi connectivity index (χ2n) is 7.51. The van der Waals surface area contributed by atoms with Gasteiger partial charge in [0.05, 0.1) is 29.3 Å². The van der Waals surface area contributed by atoms with E-state index in [4.69, 9.17) is 9.72 Å². The number of imidazole rings is 1. The van der Waals surface area contributed by atoms with E-state index in [0.29, 0.717) is 12.2 Å². The van der Waals surface area contributed by atoms with E-state index in [2.05, 4.69) is 13.0 Å². The Kier molecular flexibility index (Phi) is 7.24. The second-order valence-corrected chi connectivity index (χ2v) is 7.51. The van der Waals surface area contributed by atoms with Gasteiger partial charge in [-0.05, 0) is 49.6 Å². The summed E-state index contributed by atoms with van der Waals surface area (Å²) in [6, 6.07) is 15.4. The van der Waals surface area contributed by atoms with Crippen LogP contribution in [0.25, 0.3) is 22.2 Å². The summed E-state index contributed by atoms with van der Waals surface area (Å²) in [6.45, 7) is 6.31. The molecule has 156 valence electrons. The number of benzene rings is 2. The SMILES string of the molecule is CCCCCCC(C(=O)OCC)n1c(C)nc2cc(-c3ccccc3C#N)ccc21. The highest BCUT2D eigenvalue weighted by Gasteiger charge is 2.25. The zero-order chi connectivity index (χ0) is 21.5. The molecule has 30 heavy (non-hydrogen) atoms. The van der Waals surface area contributed by atoms with Crippen LogP contribution < -0.4 is 0 Å². The third-order valence-corrected chi connectivity index (χ3v) is 5.43. The van der Waals surface area contributed by atoms with Crippen LogP contribution in [-0.4, -0.2) is 22.1 Å². The number of hydrogen-bond acceptors (Lipinski definition) is 4. The molecule has 0 fully saturated rings. The number of esters is 1. The number of rotatable bonds is 9. The van der Waals surface area contributed by atoms with Gasteiger partial charge in [0.25, 0.3) is 0 Å². The van der Waals surface area contributed by atoms with Gasteiger partial charge < -0.3 is 9.30 Å². The summed E-state index contributed by atoms with van der Waals surface area (Å²) in [7, 11) is 0. The number of nitriles is 1. The predicted octanol–water partition coefficient (Wildman–Crippen LogP) is 5.96. The van der Waals surface area contributed by atoms with E-state index in [9.17, 15) is 10.1 Å². The number of carbonyl (C=O) groups excluding carboxylic acids is 1. The molecule has 0 N–H and O–H groups in total. The number of ether oxygens (including phenoxy) is 1. The monoisotopic (exact) mass is 403 g/mol. The summed E-state index contributed by atoms with van der Waals surface area (Å²) in [5, 5.41) is 9.43. The van der Waals surface area contributed by atoms with Crippen molar-refractivity contribution in [1.82, 2.24) is 9.55 Å². The lowest BCUT2D eigenvalue weighted by atomic mass is 10.00. The Morgan fingerprint density at radius 3 is 2.70 bits per heavy atom. The third kappa shape index (κ3) is 4.54. The maximum atomic E-state index is 12.8. The summed E-state index contributed by atoms with van der Waals surface area (Å²) in [6.07, 6.45) is 5.15. The van der Waals surface area contributed by atoms with Crippen molar-refractivity contribution in [2.45, 2.75) is 58.9 Å². The fourth-order valence-corrected chi connectivity index (χ4v) is 3.97. The van der Waals surface area contributed by atoms with Gasteiger partial charge in [-0.3, -0.25) is 0 Å². The molecule has 1 aromatic heterocycles. The molecule has 1 heterocycles. The van der Waals surface area contributed by atoms with Crippen molar-refractivity contribution in [3.05, 3.63) is 53.9 Å². The average molecular weight is 404 g/mol. The molecule has 0 spiro atoms. The van der Waals surface area contributed by atoms with Gasteiger partial charge in [0.1, 0.15) is 11.9 Å². The van der Waals surface area contributed by atoms with E-state index in [1.807, 2.05) is 60.9 Å². The fraction of sp³-hybridized carbons (Fsp3) is 0.400. The van der Waals surface area contributed by atoms with E-state index in [1.54, 1.807) is 0 Å². The zero-order valence-corrected chi connectivity index (χ0v) is 18.0. The summed E-state index contributed by atoms with van der Waals surface area (Å²) in [5.74, 6) is 0.597. The molecule has 1 unspecified atom stereocenters. The predicted molar refractivity (Wildman–Crippen MR) is 119 cm³/mol. The van der Waals surface area contributed by atoms with Crippen LogP contribution in [0, 0.1) is 18.3 Å². The number of nitrogens with zero attached hydrogens (tertiary/aromatic N) is 3. The quantitative estimate of drug-likeness (QED) is 0.327. The molecule has 5 heteroatoms. The highest BCUT2D eigenvalue weighted by atomic mass is 16.5. The van der Waals surface area contributed by atoms with Gasteiger partial charge in [-0.15, -0.1) is 0 Å². The lowest BCUT2D eigenvalue weighted by molar-refractivity contribution is -0.147. The third-order valence-electron chi connectivity index (χ3n) is 5.43. The number of hydrogen-bond donors (Lipinski definition) is 0. The molecule has 3 aromatic rings. The minimum absolute atomic E-state index is 0.199. The first-order valence-corrected chi connectivity index (χ1v) is 10.7. The number of fused-ring (bicyclic) bond motifs is 1. The highest BCUT2D eigenvalue weighted by Crippen LogP contribution is 2.30. The minimum atomic E-state index is -0.371. The number of aryl methyl sites for hydroxylation is 1. The zero-order valence-electron chi connectivity index (χ0n) is 18.0. The van der Waals surface area contributed by atoms with Gasteiger partial charge in [0, 0.05) is 0 Å². The number of unbranched alkanes of at least 4 members (excludes halogenated alkanes) is 3. The Morgan fingerprint density at radius 2 is 1.97 bits per heavy atom. The standard InChI is InChI=1S/C25H29N3O2/c1-4-6-7-8-13-24(25(29)30-5-2)28-18(3)27-22-16-19(14-15-23(22)28)21-12-10-9-11-20(21)17-26/h9-12,14-16,24H,4-8,13H2,1-3H3. The van der Waals surface area contributed by atoms with E-state index < -0.39 is 0 Å². The molecule has 2 aromatic carbocycles. The molecule has 0 aliphatic carbocycles. The molecule has 0 radical (unpaired) electrons. The number of carbonyl (C=O) groups is 1. The molecule has 0 aliphatic rings. The molecule has 5 nitrogen and oxygen atoms in total. The largest absolute Gasteiger partial charge is 0.464 e. The van der Waals surface area contributed by atoms with Crippen molar-refractivity contribution in [1.29, 1.82) is 5.26 Å². The molecule has 1 atom stereocenters. The Balaban J connectivity index is 2.01. The molecule has 0 amide bonds. The summed E-state index contributed by atoms with van der Waals surface area (Å²) in [5.41, 5.74) is 4.20. The van der Waals surface area contributed by atoms with E-state index in [1.165, 1.54) is 6.42 Å². The van der Waals surface area contributed by atoms with Crippen LogP contribution in [0.4, 0.5) is 0 Å². The molecular formula is C25H29N3O2. The Bertz CT molecular complexity index is 1060. The average Bonchev–Trinajstić information content (AvgIpc) is 3.08. The summed E-state index contributed by atoms with van der Waals surface area (Å²) < 4.78 is 7.40. The van der Waals surface area contributed by atoms with Gasteiger partial charge in [-0.25, -0.2) is 9.78 Å². The van der Waals surface area contributed by atoms with Gasteiger partial charge in [-0.1, -0.05) is 56.9 Å². The fourth-order valence-electron chi connectivity index (χ4n) is 3.97. The van der Waals surface area contributed by atoms with Crippen LogP contribution in [0.1, 0.15) is 63.4 Å². The van der Waals surface area contributed by atoms with Crippen molar-refractivity contribution in [2.24, 2.45) is 0 Å². The molecular weight excluding hydrogens is 374 g/mol. The van der Waals surface area contributed by atoms with Gasteiger partial charge in [0.2, 0.25) is 0 Å². The van der Waals surface area contributed by atoms with Crippen LogP contribution in [-0.2, 0) is 9.53 Å². The van der Waals surface area contributed by atoms with Crippen molar-refractivity contribution < 1.29 is 9.53 Å². The van der Waals surface area contributed by atoms with Crippen molar-refractivity contribution in [3.8, 4) is 17.2 Å². The molecule has 0 saturated carbocycles. The van der Waals surface area contributed by atoms with Crippen molar-refractivity contribution >= 4 is 17.0 Å². The highest BCUT2D eigenvalue weighted by molar-refractivity contribution is 5.86. The van der Waals surface area contributed by atoms with Crippen molar-refractivity contribution in [2.75, 3.05) is 6.61 Å². The van der Waals surface area contributed by atoms with Crippen LogP contribution in [0.15, 0.2) is 42.5 Å². The minimum Gasteiger partial charge on any atom is -0.464 e. The van der Waals surface area contributed by atoms with Crippen LogP contribution >= 0.6 is 0 Å². The topological polar surface area (TPSA) is 67.9 Å². The molecule has 0 bridgehead atoms. The summed E-state index contributed by atoms with van der Waals surface area (Å²) in [4.78, 5) is 17.5. The van der Waals surface area contributed by atoms with Crippen LogP contribution in [0.3, 0.4) is 0 Å². The lowest BCUT2D eigenvalue weighted by Gasteiger charge is -2.19. The van der Waals surface area contributed by atoms with E-state index >= 15 is 0 Å². The molecule has 0 aliphatic heterocycles. The van der Waals surface area contributed by atoms with Crippen LogP contribution in [0.5, 0.6) is 0 Å². The van der Waals surface area contributed by atoms with E-state index in [-0.39, 0.29) is 12.0 Å². The Labute approximate surface area is 178 Å². The van der Waals surface area contributed by atoms with Crippen LogP contribution in [0.2, 0.25) is 0 Å². The van der Waals surface area contributed by atoms with E-state index in [0.717, 1.165) is 53.7 Å². The smallest absolute Gasteiger partial charge is 0.329 e. The van der Waals surface area contributed by atoms with Gasteiger partial charge >= 0.3 is 5.97 Å². The van der Waals surface area contributed by atoms with Gasteiger partial charge in [0.15, 0.2) is 0 Å².